The zero-order valence-corrected chi connectivity index (χ0v) is 17.0. The highest BCUT2D eigenvalue weighted by molar-refractivity contribution is 5.85. The van der Waals surface area contributed by atoms with Crippen LogP contribution in [-0.2, 0) is 7.05 Å². The van der Waals surface area contributed by atoms with Crippen LogP contribution in [0, 0.1) is 0 Å². The number of nitrogens with zero attached hydrogens (tertiary/aromatic N) is 6. The number of nitrogen functional groups attached to an aromatic ring is 2. The number of hydrogen-bond acceptors (Lipinski definition) is 8. The third-order valence-electron chi connectivity index (χ3n) is 5.18. The highest BCUT2D eigenvalue weighted by Gasteiger charge is 2.22. The molecule has 1 aliphatic heterocycles. The molecule has 1 fully saturated rings. The van der Waals surface area contributed by atoms with E-state index in [1.165, 1.54) is 6.07 Å². The number of likely N-dealkylation sites (N-methyl/N-ethyl adjacent to an activating group) is 1. The summed E-state index contributed by atoms with van der Waals surface area (Å²) in [5.41, 5.74) is 15.7. The molecule has 0 spiro atoms. The lowest BCUT2D eigenvalue weighted by Gasteiger charge is -2.35. The molecule has 29 heavy (non-hydrogen) atoms. The third-order valence-corrected chi connectivity index (χ3v) is 5.18. The highest BCUT2D eigenvalue weighted by Crippen LogP contribution is 2.40. The average Bonchev–Trinajstić information content (AvgIpc) is 3.13. The molecule has 4 N–H and O–H groups in total. The molecule has 1 aromatic carbocycles. The van der Waals surface area contributed by atoms with Gasteiger partial charge in [0.15, 0.2) is 5.82 Å². The molecule has 0 bridgehead atoms. The minimum absolute atomic E-state index is 0.320. The maximum atomic E-state index is 5.90. The number of benzene rings is 1. The molecule has 2 aromatic heterocycles. The summed E-state index contributed by atoms with van der Waals surface area (Å²) in [6, 6.07) is 5.63. The summed E-state index contributed by atoms with van der Waals surface area (Å²) >= 11 is 0. The van der Waals surface area contributed by atoms with Gasteiger partial charge in [-0.15, -0.1) is 0 Å². The summed E-state index contributed by atoms with van der Waals surface area (Å²) in [6.07, 6.45) is 3.86. The van der Waals surface area contributed by atoms with Crippen LogP contribution in [0.3, 0.4) is 0 Å². The summed E-state index contributed by atoms with van der Waals surface area (Å²) in [4.78, 5) is 13.4. The van der Waals surface area contributed by atoms with E-state index in [1.54, 1.807) is 11.8 Å². The van der Waals surface area contributed by atoms with Crippen LogP contribution < -0.4 is 21.1 Å². The Morgan fingerprint density at radius 3 is 2.21 bits per heavy atom. The number of aromatic nitrogens is 4. The summed E-state index contributed by atoms with van der Waals surface area (Å²) < 4.78 is 7.50. The van der Waals surface area contributed by atoms with Crippen LogP contribution in [0.2, 0.25) is 0 Å². The van der Waals surface area contributed by atoms with Gasteiger partial charge in [0.2, 0.25) is 0 Å². The molecule has 0 aliphatic carbocycles. The van der Waals surface area contributed by atoms with E-state index in [4.69, 9.17) is 16.2 Å². The number of nitrogens with two attached hydrogens (primary N) is 2. The summed E-state index contributed by atoms with van der Waals surface area (Å²) in [5, 5.41) is 4.35. The molecule has 0 radical (unpaired) electrons. The standard InChI is InChI=1S/C20H26N8O/c1-26-4-6-28(7-5-26)16-9-17(29-3)15(20-24-18(21)10-19(22)25-20)8-14(16)13-11-23-27(2)12-13/h8-12H,4-7H2,1-3H3,(H4,21,22,24,25). The lowest BCUT2D eigenvalue weighted by atomic mass is 10.0. The van der Waals surface area contributed by atoms with Crippen molar-refractivity contribution in [1.29, 1.82) is 0 Å². The quantitative estimate of drug-likeness (QED) is 0.684. The minimum Gasteiger partial charge on any atom is -0.496 e. The fourth-order valence-corrected chi connectivity index (χ4v) is 3.62. The van der Waals surface area contributed by atoms with E-state index >= 15 is 0 Å². The first kappa shape index (κ1) is 19.0. The molecular weight excluding hydrogens is 368 g/mol. The Bertz CT molecular complexity index is 1000. The molecule has 4 rings (SSSR count). The molecule has 0 atom stereocenters. The van der Waals surface area contributed by atoms with E-state index in [2.05, 4.69) is 31.9 Å². The number of rotatable bonds is 4. The van der Waals surface area contributed by atoms with Gasteiger partial charge in [-0.25, -0.2) is 9.97 Å². The van der Waals surface area contributed by atoms with Crippen molar-refractivity contribution < 1.29 is 4.74 Å². The van der Waals surface area contributed by atoms with Crippen LogP contribution in [-0.4, -0.2) is 65.0 Å². The van der Waals surface area contributed by atoms with Crippen LogP contribution in [0.15, 0.2) is 30.6 Å². The van der Waals surface area contributed by atoms with Crippen molar-refractivity contribution in [2.45, 2.75) is 0 Å². The molecule has 1 aliphatic rings. The van der Waals surface area contributed by atoms with Crippen LogP contribution in [0.25, 0.3) is 22.5 Å². The average molecular weight is 394 g/mol. The van der Waals surface area contributed by atoms with Crippen LogP contribution >= 0.6 is 0 Å². The van der Waals surface area contributed by atoms with E-state index in [0.717, 1.165) is 48.6 Å². The van der Waals surface area contributed by atoms with Gasteiger partial charge in [-0.05, 0) is 13.1 Å². The van der Waals surface area contributed by atoms with Crippen molar-refractivity contribution in [2.75, 3.05) is 56.7 Å². The molecular formula is C20H26N8O. The largest absolute Gasteiger partial charge is 0.496 e. The van der Waals surface area contributed by atoms with Crippen molar-refractivity contribution >= 4 is 17.3 Å². The number of anilines is 3. The molecule has 9 heteroatoms. The molecule has 9 nitrogen and oxygen atoms in total. The second-order valence-corrected chi connectivity index (χ2v) is 7.30. The molecule has 1 saturated heterocycles. The van der Waals surface area contributed by atoms with Crippen LogP contribution in [0.5, 0.6) is 5.75 Å². The Balaban J connectivity index is 1.89. The second kappa shape index (κ2) is 7.59. The Labute approximate surface area is 169 Å². The van der Waals surface area contributed by atoms with Gasteiger partial charge in [0.25, 0.3) is 0 Å². The van der Waals surface area contributed by atoms with Gasteiger partial charge < -0.3 is 26.0 Å². The lowest BCUT2D eigenvalue weighted by Crippen LogP contribution is -2.44. The van der Waals surface area contributed by atoms with Crippen molar-refractivity contribution in [1.82, 2.24) is 24.6 Å². The second-order valence-electron chi connectivity index (χ2n) is 7.30. The van der Waals surface area contributed by atoms with E-state index in [1.807, 2.05) is 31.6 Å². The van der Waals surface area contributed by atoms with Gasteiger partial charge in [0.05, 0.1) is 18.9 Å². The predicted octanol–water partition coefficient (Wildman–Crippen LogP) is 1.47. The Hall–Kier alpha value is -3.33. The van der Waals surface area contributed by atoms with Crippen LogP contribution in [0.1, 0.15) is 0 Å². The Morgan fingerprint density at radius 1 is 0.931 bits per heavy atom. The first-order valence-corrected chi connectivity index (χ1v) is 9.49. The molecule has 152 valence electrons. The van der Waals surface area contributed by atoms with Gasteiger partial charge in [-0.2, -0.15) is 5.10 Å². The SMILES string of the molecule is COc1cc(N2CCN(C)CC2)c(-c2cnn(C)c2)cc1-c1nc(N)cc(N)n1. The monoisotopic (exact) mass is 394 g/mol. The van der Waals surface area contributed by atoms with E-state index in [-0.39, 0.29) is 0 Å². The first-order chi connectivity index (χ1) is 13.9. The maximum absolute atomic E-state index is 5.90. The van der Waals surface area contributed by atoms with Crippen molar-refractivity contribution in [3.63, 3.8) is 0 Å². The van der Waals surface area contributed by atoms with Gasteiger partial charge in [0, 0.05) is 68.4 Å². The minimum atomic E-state index is 0.320. The van der Waals surface area contributed by atoms with Gasteiger partial charge in [0.1, 0.15) is 17.4 Å². The van der Waals surface area contributed by atoms with Gasteiger partial charge in [-0.1, -0.05) is 0 Å². The number of aryl methyl sites for hydroxylation is 1. The van der Waals surface area contributed by atoms with E-state index < -0.39 is 0 Å². The zero-order valence-electron chi connectivity index (χ0n) is 17.0. The Kier molecular flexibility index (Phi) is 4.98. The highest BCUT2D eigenvalue weighted by atomic mass is 16.5. The van der Waals surface area contributed by atoms with E-state index in [9.17, 15) is 0 Å². The van der Waals surface area contributed by atoms with Crippen molar-refractivity contribution in [2.24, 2.45) is 7.05 Å². The lowest BCUT2D eigenvalue weighted by molar-refractivity contribution is 0.313. The topological polar surface area (TPSA) is 111 Å². The van der Waals surface area contributed by atoms with Crippen molar-refractivity contribution in [3.8, 4) is 28.3 Å². The number of methoxy groups -OCH3 is 1. The zero-order chi connectivity index (χ0) is 20.5. The molecule has 3 heterocycles. The van der Waals surface area contributed by atoms with Gasteiger partial charge >= 0.3 is 0 Å². The summed E-state index contributed by atoms with van der Waals surface area (Å²) in [6.45, 7) is 3.89. The maximum Gasteiger partial charge on any atom is 0.167 e. The molecule has 0 amide bonds. The van der Waals surface area contributed by atoms with E-state index in [0.29, 0.717) is 23.2 Å². The molecule has 0 saturated carbocycles. The number of piperazine rings is 1. The smallest absolute Gasteiger partial charge is 0.167 e. The van der Waals surface area contributed by atoms with Crippen molar-refractivity contribution in [3.05, 3.63) is 30.6 Å². The number of ether oxygens (including phenoxy) is 1. The third kappa shape index (κ3) is 3.81. The molecule has 0 unspecified atom stereocenters. The predicted molar refractivity (Wildman–Crippen MR) is 115 cm³/mol. The fraction of sp³-hybridized carbons (Fsp3) is 0.350. The normalized spacial score (nSPS) is 14.9. The summed E-state index contributed by atoms with van der Waals surface area (Å²) in [5.74, 6) is 1.76. The first-order valence-electron chi connectivity index (χ1n) is 9.49. The fourth-order valence-electron chi connectivity index (χ4n) is 3.62. The summed E-state index contributed by atoms with van der Waals surface area (Å²) in [7, 11) is 5.70. The molecule has 3 aromatic rings. The number of hydrogen-bond donors (Lipinski definition) is 2. The van der Waals surface area contributed by atoms with Crippen LogP contribution in [0.4, 0.5) is 17.3 Å². The van der Waals surface area contributed by atoms with Gasteiger partial charge in [-0.3, -0.25) is 4.68 Å². The Morgan fingerprint density at radius 2 is 1.62 bits per heavy atom.